The van der Waals surface area contributed by atoms with E-state index in [1.165, 1.54) is 12.8 Å². The van der Waals surface area contributed by atoms with Gasteiger partial charge < -0.3 is 16.0 Å². The molecule has 2 amide bonds. The predicted octanol–water partition coefficient (Wildman–Crippen LogP) is 1.56. The number of nitrogens with zero attached hydrogens (tertiary/aromatic N) is 1. The minimum Gasteiger partial charge on any atom is -0.335 e. The molecule has 0 atom stereocenters. The molecular weight excluding hydrogens is 202 g/mol. The number of nitrogens with two attached hydrogens (primary N) is 1. The Labute approximate surface area is 98.6 Å². The Morgan fingerprint density at radius 2 is 2.00 bits per heavy atom. The van der Waals surface area contributed by atoms with Crippen LogP contribution in [0.3, 0.4) is 0 Å². The van der Waals surface area contributed by atoms with Crippen molar-refractivity contribution < 1.29 is 4.79 Å². The lowest BCUT2D eigenvalue weighted by Gasteiger charge is -2.30. The van der Waals surface area contributed by atoms with Gasteiger partial charge in [-0.2, -0.15) is 0 Å². The third-order valence-electron chi connectivity index (χ3n) is 3.25. The van der Waals surface area contributed by atoms with Gasteiger partial charge in [-0.3, -0.25) is 0 Å². The molecule has 0 aromatic heterocycles. The molecule has 1 saturated carbocycles. The molecule has 1 rings (SSSR count). The van der Waals surface area contributed by atoms with Gasteiger partial charge in [0.1, 0.15) is 0 Å². The highest BCUT2D eigenvalue weighted by atomic mass is 16.2. The van der Waals surface area contributed by atoms with Crippen molar-refractivity contribution in [2.75, 3.05) is 20.1 Å². The second-order valence-corrected chi connectivity index (χ2v) is 5.66. The summed E-state index contributed by atoms with van der Waals surface area (Å²) < 4.78 is 0. The van der Waals surface area contributed by atoms with Gasteiger partial charge in [0.15, 0.2) is 0 Å². The maximum Gasteiger partial charge on any atom is 0.317 e. The van der Waals surface area contributed by atoms with Crippen LogP contribution >= 0.6 is 0 Å². The quantitative estimate of drug-likeness (QED) is 0.765. The maximum absolute atomic E-state index is 11.9. The average molecular weight is 227 g/mol. The highest BCUT2D eigenvalue weighted by molar-refractivity contribution is 5.74. The number of amides is 2. The molecule has 0 heterocycles. The summed E-state index contributed by atoms with van der Waals surface area (Å²) in [6.07, 6.45) is 4.73. The summed E-state index contributed by atoms with van der Waals surface area (Å²) >= 11 is 0. The number of rotatable bonds is 4. The van der Waals surface area contributed by atoms with E-state index in [0.29, 0.717) is 19.1 Å². The fourth-order valence-electron chi connectivity index (χ4n) is 2.13. The van der Waals surface area contributed by atoms with Gasteiger partial charge in [-0.25, -0.2) is 4.79 Å². The van der Waals surface area contributed by atoms with Crippen molar-refractivity contribution in [3.8, 4) is 0 Å². The number of urea groups is 1. The molecule has 0 radical (unpaired) electrons. The zero-order valence-electron chi connectivity index (χ0n) is 10.8. The Morgan fingerprint density at radius 3 is 2.50 bits per heavy atom. The van der Waals surface area contributed by atoms with Crippen LogP contribution < -0.4 is 11.1 Å². The van der Waals surface area contributed by atoms with E-state index >= 15 is 0 Å². The zero-order valence-corrected chi connectivity index (χ0v) is 10.8. The van der Waals surface area contributed by atoms with Crippen LogP contribution in [0.25, 0.3) is 0 Å². The predicted molar refractivity (Wildman–Crippen MR) is 66.3 cm³/mol. The molecule has 0 bridgehead atoms. The first-order chi connectivity index (χ1) is 7.44. The fraction of sp³-hybridized carbons (Fsp3) is 0.917. The smallest absolute Gasteiger partial charge is 0.317 e. The molecule has 1 fully saturated rings. The maximum atomic E-state index is 11.9. The number of hydrogen-bond acceptors (Lipinski definition) is 2. The molecule has 0 aromatic carbocycles. The van der Waals surface area contributed by atoms with Gasteiger partial charge in [0.25, 0.3) is 0 Å². The van der Waals surface area contributed by atoms with Gasteiger partial charge in [-0.15, -0.1) is 0 Å². The molecule has 94 valence electrons. The minimum atomic E-state index is -0.0121. The summed E-state index contributed by atoms with van der Waals surface area (Å²) in [5, 5.41) is 3.07. The molecule has 0 saturated heterocycles. The summed E-state index contributed by atoms with van der Waals surface area (Å²) in [6.45, 7) is 5.44. The number of hydrogen-bond donors (Lipinski definition) is 2. The SMILES string of the molecule is CN(CC(C)(C)CN)C(=O)NC1CCCC1. The average Bonchev–Trinajstić information content (AvgIpc) is 2.69. The monoisotopic (exact) mass is 227 g/mol. The Bertz CT molecular complexity index is 234. The van der Waals surface area contributed by atoms with Crippen molar-refractivity contribution in [2.24, 2.45) is 11.1 Å². The number of carbonyl (C=O) groups excluding carboxylic acids is 1. The molecule has 3 N–H and O–H groups in total. The lowest BCUT2D eigenvalue weighted by Crippen LogP contribution is -2.46. The van der Waals surface area contributed by atoms with E-state index in [-0.39, 0.29) is 11.4 Å². The van der Waals surface area contributed by atoms with Gasteiger partial charge in [-0.05, 0) is 24.8 Å². The molecule has 0 spiro atoms. The van der Waals surface area contributed by atoms with E-state index in [2.05, 4.69) is 19.2 Å². The molecule has 0 aromatic rings. The Balaban J connectivity index is 2.35. The number of carbonyl (C=O) groups is 1. The van der Waals surface area contributed by atoms with Crippen molar-refractivity contribution in [2.45, 2.75) is 45.6 Å². The van der Waals surface area contributed by atoms with Crippen LogP contribution in [0, 0.1) is 5.41 Å². The molecular formula is C12H25N3O. The summed E-state index contributed by atoms with van der Waals surface area (Å²) in [5.74, 6) is 0. The lowest BCUT2D eigenvalue weighted by atomic mass is 9.93. The van der Waals surface area contributed by atoms with E-state index in [1.807, 2.05) is 7.05 Å². The third-order valence-corrected chi connectivity index (χ3v) is 3.25. The molecule has 4 heteroatoms. The van der Waals surface area contributed by atoms with Crippen LogP contribution in [-0.2, 0) is 0 Å². The minimum absolute atomic E-state index is 0.0121. The first kappa shape index (κ1) is 13.3. The van der Waals surface area contributed by atoms with Crippen LogP contribution in [0.4, 0.5) is 4.79 Å². The zero-order chi connectivity index (χ0) is 12.2. The second kappa shape index (κ2) is 5.53. The van der Waals surface area contributed by atoms with Crippen molar-refractivity contribution in [1.82, 2.24) is 10.2 Å². The third kappa shape index (κ3) is 4.00. The molecule has 1 aliphatic rings. The summed E-state index contributed by atoms with van der Waals surface area (Å²) in [5.41, 5.74) is 5.65. The van der Waals surface area contributed by atoms with E-state index in [4.69, 9.17) is 5.73 Å². The second-order valence-electron chi connectivity index (χ2n) is 5.66. The van der Waals surface area contributed by atoms with Crippen molar-refractivity contribution in [1.29, 1.82) is 0 Å². The Morgan fingerprint density at radius 1 is 1.44 bits per heavy atom. The van der Waals surface area contributed by atoms with E-state index < -0.39 is 0 Å². The summed E-state index contributed by atoms with van der Waals surface area (Å²) in [6, 6.07) is 0.421. The van der Waals surface area contributed by atoms with Crippen molar-refractivity contribution >= 4 is 6.03 Å². The van der Waals surface area contributed by atoms with Crippen LogP contribution in [0.15, 0.2) is 0 Å². The standard InChI is InChI=1S/C12H25N3O/c1-12(2,8-13)9-15(3)11(16)14-10-6-4-5-7-10/h10H,4-9,13H2,1-3H3,(H,14,16). The van der Waals surface area contributed by atoms with Crippen molar-refractivity contribution in [3.63, 3.8) is 0 Å². The topological polar surface area (TPSA) is 58.4 Å². The first-order valence-electron chi connectivity index (χ1n) is 6.16. The van der Waals surface area contributed by atoms with Gasteiger partial charge in [0.05, 0.1) is 0 Å². The van der Waals surface area contributed by atoms with Crippen LogP contribution in [0.5, 0.6) is 0 Å². The normalized spacial score (nSPS) is 17.5. The largest absolute Gasteiger partial charge is 0.335 e. The molecule has 1 aliphatic carbocycles. The van der Waals surface area contributed by atoms with Gasteiger partial charge >= 0.3 is 6.03 Å². The van der Waals surface area contributed by atoms with E-state index in [9.17, 15) is 4.79 Å². The molecule has 16 heavy (non-hydrogen) atoms. The number of nitrogens with one attached hydrogen (secondary N) is 1. The van der Waals surface area contributed by atoms with Gasteiger partial charge in [-0.1, -0.05) is 26.7 Å². The van der Waals surface area contributed by atoms with Crippen LogP contribution in [0.1, 0.15) is 39.5 Å². The first-order valence-corrected chi connectivity index (χ1v) is 6.16. The molecule has 4 nitrogen and oxygen atoms in total. The molecule has 0 aliphatic heterocycles. The van der Waals surface area contributed by atoms with Crippen LogP contribution in [0.2, 0.25) is 0 Å². The van der Waals surface area contributed by atoms with Crippen molar-refractivity contribution in [3.05, 3.63) is 0 Å². The highest BCUT2D eigenvalue weighted by Gasteiger charge is 2.23. The van der Waals surface area contributed by atoms with E-state index in [0.717, 1.165) is 12.8 Å². The molecule has 0 unspecified atom stereocenters. The van der Waals surface area contributed by atoms with Crippen LogP contribution in [-0.4, -0.2) is 37.1 Å². The van der Waals surface area contributed by atoms with Gasteiger partial charge in [0, 0.05) is 19.6 Å². The highest BCUT2D eigenvalue weighted by Crippen LogP contribution is 2.18. The van der Waals surface area contributed by atoms with Gasteiger partial charge in [0.2, 0.25) is 0 Å². The summed E-state index contributed by atoms with van der Waals surface area (Å²) in [4.78, 5) is 13.6. The Kier molecular flexibility index (Phi) is 4.59. The van der Waals surface area contributed by atoms with E-state index in [1.54, 1.807) is 4.90 Å². The summed E-state index contributed by atoms with van der Waals surface area (Å²) in [7, 11) is 1.84. The Hall–Kier alpha value is -0.770. The fourth-order valence-corrected chi connectivity index (χ4v) is 2.13. The lowest BCUT2D eigenvalue weighted by molar-refractivity contribution is 0.181.